The minimum Gasteiger partial charge on any atom is -0.378 e. The van der Waals surface area contributed by atoms with Crippen LogP contribution in [0.25, 0.3) is 0 Å². The second kappa shape index (κ2) is 9.27. The van der Waals surface area contributed by atoms with Crippen LogP contribution < -0.4 is 15.1 Å². The quantitative estimate of drug-likeness (QED) is 0.832. The number of piperidine rings is 1. The number of pyridine rings is 1. The maximum atomic E-state index is 13.0. The number of amides is 1. The first-order valence-corrected chi connectivity index (χ1v) is 10.7. The number of carbonyl (C=O) groups is 1. The SMILES string of the molecule is CCC1CCCCN1c1cc(C(=O)Nc2ccccc2N2CCOCC2)ccn1. The van der Waals surface area contributed by atoms with Gasteiger partial charge in [-0.2, -0.15) is 0 Å². The molecule has 1 aromatic carbocycles. The number of nitrogens with one attached hydrogen (secondary N) is 1. The van der Waals surface area contributed by atoms with Crippen LogP contribution >= 0.6 is 0 Å². The summed E-state index contributed by atoms with van der Waals surface area (Å²) in [5, 5.41) is 3.11. The smallest absolute Gasteiger partial charge is 0.255 e. The zero-order valence-electron chi connectivity index (χ0n) is 17.1. The molecular weight excluding hydrogens is 364 g/mol. The third-order valence-corrected chi connectivity index (χ3v) is 5.90. The van der Waals surface area contributed by atoms with Gasteiger partial charge in [0.05, 0.1) is 24.6 Å². The Morgan fingerprint density at radius 3 is 2.83 bits per heavy atom. The number of anilines is 3. The van der Waals surface area contributed by atoms with Gasteiger partial charge in [-0.05, 0) is 49.9 Å². The molecule has 3 heterocycles. The monoisotopic (exact) mass is 394 g/mol. The largest absolute Gasteiger partial charge is 0.378 e. The number of aromatic nitrogens is 1. The van der Waals surface area contributed by atoms with E-state index in [1.54, 1.807) is 12.3 Å². The van der Waals surface area contributed by atoms with Crippen molar-refractivity contribution in [1.29, 1.82) is 0 Å². The van der Waals surface area contributed by atoms with Gasteiger partial charge in [-0.1, -0.05) is 19.1 Å². The minimum absolute atomic E-state index is 0.0978. The highest BCUT2D eigenvalue weighted by atomic mass is 16.5. The molecule has 6 heteroatoms. The topological polar surface area (TPSA) is 57.7 Å². The fraction of sp³-hybridized carbons (Fsp3) is 0.478. The van der Waals surface area contributed by atoms with Crippen molar-refractivity contribution < 1.29 is 9.53 Å². The van der Waals surface area contributed by atoms with E-state index in [9.17, 15) is 4.79 Å². The molecule has 0 bridgehead atoms. The van der Waals surface area contributed by atoms with Crippen molar-refractivity contribution in [2.75, 3.05) is 48.0 Å². The third-order valence-electron chi connectivity index (χ3n) is 5.90. The van der Waals surface area contributed by atoms with Crippen LogP contribution in [0.15, 0.2) is 42.6 Å². The van der Waals surface area contributed by atoms with E-state index in [-0.39, 0.29) is 5.91 Å². The summed E-state index contributed by atoms with van der Waals surface area (Å²) in [6.45, 7) is 6.33. The van der Waals surface area contributed by atoms with Gasteiger partial charge in [0.15, 0.2) is 0 Å². The van der Waals surface area contributed by atoms with Crippen LogP contribution in [0, 0.1) is 0 Å². The number of nitrogens with zero attached hydrogens (tertiary/aromatic N) is 3. The molecule has 1 amide bonds. The summed E-state index contributed by atoms with van der Waals surface area (Å²) in [4.78, 5) is 22.2. The number of carbonyl (C=O) groups excluding carboxylic acids is 1. The Morgan fingerprint density at radius 2 is 2.00 bits per heavy atom. The van der Waals surface area contributed by atoms with Crippen LogP contribution in [0.5, 0.6) is 0 Å². The van der Waals surface area contributed by atoms with Crippen molar-refractivity contribution in [3.05, 3.63) is 48.2 Å². The molecule has 6 nitrogen and oxygen atoms in total. The fourth-order valence-corrected chi connectivity index (χ4v) is 4.30. The van der Waals surface area contributed by atoms with E-state index >= 15 is 0 Å². The lowest BCUT2D eigenvalue weighted by molar-refractivity contribution is 0.102. The number of rotatable bonds is 5. The highest BCUT2D eigenvalue weighted by Gasteiger charge is 2.23. The molecule has 1 N–H and O–H groups in total. The van der Waals surface area contributed by atoms with Crippen LogP contribution in [-0.4, -0.2) is 49.8 Å². The molecule has 2 aromatic rings. The van der Waals surface area contributed by atoms with Crippen LogP contribution in [-0.2, 0) is 4.74 Å². The Bertz CT molecular complexity index is 835. The molecule has 2 aliphatic rings. The Morgan fingerprint density at radius 1 is 1.17 bits per heavy atom. The van der Waals surface area contributed by atoms with E-state index in [1.165, 1.54) is 19.3 Å². The summed E-state index contributed by atoms with van der Waals surface area (Å²) >= 11 is 0. The molecule has 4 rings (SSSR count). The van der Waals surface area contributed by atoms with Gasteiger partial charge in [0.2, 0.25) is 0 Å². The Kier molecular flexibility index (Phi) is 6.30. The van der Waals surface area contributed by atoms with Gasteiger partial charge < -0.3 is 19.9 Å². The lowest BCUT2D eigenvalue weighted by Crippen LogP contribution is -2.39. The van der Waals surface area contributed by atoms with Crippen LogP contribution in [0.1, 0.15) is 43.0 Å². The van der Waals surface area contributed by atoms with E-state index in [1.807, 2.05) is 24.3 Å². The summed E-state index contributed by atoms with van der Waals surface area (Å²) in [6, 6.07) is 12.2. The van der Waals surface area contributed by atoms with Crippen molar-refractivity contribution in [2.24, 2.45) is 0 Å². The van der Waals surface area contributed by atoms with Crippen molar-refractivity contribution in [1.82, 2.24) is 4.98 Å². The van der Waals surface area contributed by atoms with Crippen LogP contribution in [0.4, 0.5) is 17.2 Å². The minimum atomic E-state index is -0.0978. The van der Waals surface area contributed by atoms with Gasteiger partial charge in [-0.15, -0.1) is 0 Å². The molecule has 1 aromatic heterocycles. The number of benzene rings is 1. The Labute approximate surface area is 172 Å². The first-order valence-electron chi connectivity index (χ1n) is 10.7. The van der Waals surface area contributed by atoms with E-state index in [0.29, 0.717) is 24.8 Å². The fourth-order valence-electron chi connectivity index (χ4n) is 4.30. The number of hydrogen-bond acceptors (Lipinski definition) is 5. The van der Waals surface area contributed by atoms with Gasteiger partial charge in [0, 0.05) is 37.4 Å². The van der Waals surface area contributed by atoms with Crippen LogP contribution in [0.2, 0.25) is 0 Å². The van der Waals surface area contributed by atoms with Gasteiger partial charge in [-0.3, -0.25) is 4.79 Å². The van der Waals surface area contributed by atoms with Gasteiger partial charge in [-0.25, -0.2) is 4.98 Å². The predicted octanol–water partition coefficient (Wildman–Crippen LogP) is 3.94. The lowest BCUT2D eigenvalue weighted by atomic mass is 10.00. The van der Waals surface area contributed by atoms with Crippen molar-refractivity contribution in [2.45, 2.75) is 38.6 Å². The number of morpholine rings is 1. The molecule has 29 heavy (non-hydrogen) atoms. The molecule has 0 radical (unpaired) electrons. The van der Waals surface area contributed by atoms with E-state index in [4.69, 9.17) is 4.74 Å². The highest BCUT2D eigenvalue weighted by molar-refractivity contribution is 6.06. The zero-order chi connectivity index (χ0) is 20.1. The molecule has 1 atom stereocenters. The van der Waals surface area contributed by atoms with Crippen LogP contribution in [0.3, 0.4) is 0 Å². The van der Waals surface area contributed by atoms with Gasteiger partial charge >= 0.3 is 0 Å². The first kappa shape index (κ1) is 19.7. The molecule has 2 saturated heterocycles. The molecule has 1 unspecified atom stereocenters. The lowest BCUT2D eigenvalue weighted by Gasteiger charge is -2.36. The maximum absolute atomic E-state index is 13.0. The van der Waals surface area contributed by atoms with E-state index in [0.717, 1.165) is 43.2 Å². The number of hydrogen-bond donors (Lipinski definition) is 1. The second-order valence-corrected chi connectivity index (χ2v) is 7.72. The Hall–Kier alpha value is -2.60. The summed E-state index contributed by atoms with van der Waals surface area (Å²) in [5.41, 5.74) is 2.52. The average Bonchev–Trinajstić information content (AvgIpc) is 2.80. The summed E-state index contributed by atoms with van der Waals surface area (Å²) < 4.78 is 5.46. The van der Waals surface area contributed by atoms with E-state index < -0.39 is 0 Å². The summed E-state index contributed by atoms with van der Waals surface area (Å²) in [6.07, 6.45) is 6.50. The summed E-state index contributed by atoms with van der Waals surface area (Å²) in [7, 11) is 0. The predicted molar refractivity (Wildman–Crippen MR) is 117 cm³/mol. The molecule has 154 valence electrons. The standard InChI is InChI=1S/C23H30N4O2/c1-2-19-7-5-6-12-27(19)22-17-18(10-11-24-22)23(28)25-20-8-3-4-9-21(20)26-13-15-29-16-14-26/h3-4,8-11,17,19H,2,5-7,12-16H2,1H3,(H,25,28). The van der Waals surface area contributed by atoms with E-state index in [2.05, 4.69) is 33.1 Å². The maximum Gasteiger partial charge on any atom is 0.255 e. The first-order chi connectivity index (χ1) is 14.3. The number of para-hydroxylation sites is 2. The molecular formula is C23H30N4O2. The Balaban J connectivity index is 1.52. The highest BCUT2D eigenvalue weighted by Crippen LogP contribution is 2.28. The molecule has 0 saturated carbocycles. The summed E-state index contributed by atoms with van der Waals surface area (Å²) in [5.74, 6) is 0.810. The zero-order valence-corrected chi connectivity index (χ0v) is 17.1. The normalized spacial score (nSPS) is 19.8. The number of ether oxygens (including phenoxy) is 1. The van der Waals surface area contributed by atoms with Crippen molar-refractivity contribution >= 4 is 23.1 Å². The van der Waals surface area contributed by atoms with Gasteiger partial charge in [0.1, 0.15) is 5.82 Å². The molecule has 2 aliphatic heterocycles. The van der Waals surface area contributed by atoms with Gasteiger partial charge in [0.25, 0.3) is 5.91 Å². The average molecular weight is 395 g/mol. The second-order valence-electron chi connectivity index (χ2n) is 7.72. The van der Waals surface area contributed by atoms with Crippen molar-refractivity contribution in [3.63, 3.8) is 0 Å². The molecule has 0 spiro atoms. The third kappa shape index (κ3) is 4.53. The molecule has 2 fully saturated rings. The molecule has 0 aliphatic carbocycles. The van der Waals surface area contributed by atoms with Crippen molar-refractivity contribution in [3.8, 4) is 0 Å².